The van der Waals surface area contributed by atoms with Crippen LogP contribution in [0.2, 0.25) is 0 Å². The number of carbonyl (C=O) groups is 1. The first kappa shape index (κ1) is 16.9. The van der Waals surface area contributed by atoms with E-state index in [4.69, 9.17) is 10.5 Å². The van der Waals surface area contributed by atoms with Gasteiger partial charge in [0, 0.05) is 31.3 Å². The minimum atomic E-state index is -0.325. The molecule has 1 amide bonds. The zero-order valence-electron chi connectivity index (χ0n) is 13.0. The molecular weight excluding hydrogens is 297 g/mol. The minimum absolute atomic E-state index is 0.0115. The van der Waals surface area contributed by atoms with Crippen molar-refractivity contribution >= 4 is 5.91 Å². The van der Waals surface area contributed by atoms with Crippen molar-refractivity contribution in [2.24, 2.45) is 5.73 Å². The van der Waals surface area contributed by atoms with Crippen molar-refractivity contribution in [3.8, 4) is 11.6 Å². The standard InChI is InChI=1S/C17H20FN3O2/c1-12(19)2-7-16(22)21-11-13-8-9-20-17(10-13)23-15-5-3-14(18)4-6-15/h3-6,8-10,12H,2,7,11,19H2,1H3,(H,21,22). The molecule has 0 spiro atoms. The fourth-order valence-electron chi connectivity index (χ4n) is 1.89. The van der Waals surface area contributed by atoms with Crippen LogP contribution in [0.1, 0.15) is 25.3 Å². The molecule has 0 bridgehead atoms. The van der Waals surface area contributed by atoms with E-state index in [1.165, 1.54) is 24.3 Å². The summed E-state index contributed by atoms with van der Waals surface area (Å²) in [7, 11) is 0. The molecule has 0 aliphatic heterocycles. The fraction of sp³-hybridized carbons (Fsp3) is 0.294. The fourth-order valence-corrected chi connectivity index (χ4v) is 1.89. The molecule has 1 heterocycles. The topological polar surface area (TPSA) is 77.2 Å². The summed E-state index contributed by atoms with van der Waals surface area (Å²) in [5.74, 6) is 0.518. The Labute approximate surface area is 134 Å². The number of hydrogen-bond acceptors (Lipinski definition) is 4. The summed E-state index contributed by atoms with van der Waals surface area (Å²) >= 11 is 0. The normalized spacial score (nSPS) is 11.8. The van der Waals surface area contributed by atoms with Gasteiger partial charge in [-0.2, -0.15) is 0 Å². The molecule has 0 radical (unpaired) electrons. The van der Waals surface area contributed by atoms with Gasteiger partial charge in [0.1, 0.15) is 11.6 Å². The third kappa shape index (κ3) is 6.04. The average molecular weight is 317 g/mol. The molecule has 0 fully saturated rings. The number of nitrogens with zero attached hydrogens (tertiary/aromatic N) is 1. The summed E-state index contributed by atoms with van der Waals surface area (Å²) in [6, 6.07) is 9.23. The average Bonchev–Trinajstić information content (AvgIpc) is 2.53. The second-order valence-corrected chi connectivity index (χ2v) is 5.35. The van der Waals surface area contributed by atoms with Crippen molar-refractivity contribution in [2.45, 2.75) is 32.4 Å². The highest BCUT2D eigenvalue weighted by Crippen LogP contribution is 2.20. The summed E-state index contributed by atoms with van der Waals surface area (Å²) in [6.07, 6.45) is 2.66. The van der Waals surface area contributed by atoms with Crippen LogP contribution in [-0.2, 0) is 11.3 Å². The van der Waals surface area contributed by atoms with E-state index in [0.29, 0.717) is 31.0 Å². The van der Waals surface area contributed by atoms with E-state index in [0.717, 1.165) is 5.56 Å². The van der Waals surface area contributed by atoms with Crippen LogP contribution in [-0.4, -0.2) is 16.9 Å². The van der Waals surface area contributed by atoms with Crippen LogP contribution in [0.4, 0.5) is 4.39 Å². The van der Waals surface area contributed by atoms with Gasteiger partial charge < -0.3 is 15.8 Å². The maximum absolute atomic E-state index is 12.9. The summed E-state index contributed by atoms with van der Waals surface area (Å²) in [6.45, 7) is 2.26. The van der Waals surface area contributed by atoms with Crippen LogP contribution in [0.5, 0.6) is 11.6 Å². The first-order valence-electron chi connectivity index (χ1n) is 7.43. The lowest BCUT2D eigenvalue weighted by atomic mass is 10.2. The molecule has 5 nitrogen and oxygen atoms in total. The lowest BCUT2D eigenvalue weighted by Crippen LogP contribution is -2.25. The van der Waals surface area contributed by atoms with Gasteiger partial charge in [-0.3, -0.25) is 4.79 Å². The van der Waals surface area contributed by atoms with Gasteiger partial charge in [-0.15, -0.1) is 0 Å². The summed E-state index contributed by atoms with van der Waals surface area (Å²) < 4.78 is 18.4. The van der Waals surface area contributed by atoms with E-state index in [1.807, 2.05) is 6.92 Å². The van der Waals surface area contributed by atoms with E-state index in [2.05, 4.69) is 10.3 Å². The summed E-state index contributed by atoms with van der Waals surface area (Å²) in [4.78, 5) is 15.8. The van der Waals surface area contributed by atoms with Crippen LogP contribution in [0.3, 0.4) is 0 Å². The van der Waals surface area contributed by atoms with Crippen molar-refractivity contribution in [1.82, 2.24) is 10.3 Å². The smallest absolute Gasteiger partial charge is 0.220 e. The quantitative estimate of drug-likeness (QED) is 0.823. The Balaban J connectivity index is 1.89. The van der Waals surface area contributed by atoms with Crippen molar-refractivity contribution in [3.05, 3.63) is 54.0 Å². The molecule has 1 atom stereocenters. The SMILES string of the molecule is CC(N)CCC(=O)NCc1ccnc(Oc2ccc(F)cc2)c1. The van der Waals surface area contributed by atoms with Crippen molar-refractivity contribution in [2.75, 3.05) is 0 Å². The van der Waals surface area contributed by atoms with Crippen molar-refractivity contribution in [3.63, 3.8) is 0 Å². The van der Waals surface area contributed by atoms with E-state index in [1.54, 1.807) is 18.3 Å². The Hall–Kier alpha value is -2.47. The number of pyridine rings is 1. The number of amides is 1. The highest BCUT2D eigenvalue weighted by Gasteiger charge is 2.05. The Morgan fingerprint density at radius 1 is 1.35 bits per heavy atom. The molecule has 1 aromatic carbocycles. The molecule has 2 aromatic rings. The van der Waals surface area contributed by atoms with Gasteiger partial charge in [-0.1, -0.05) is 0 Å². The second-order valence-electron chi connectivity index (χ2n) is 5.35. The zero-order valence-corrected chi connectivity index (χ0v) is 13.0. The van der Waals surface area contributed by atoms with Gasteiger partial charge in [0.25, 0.3) is 0 Å². The summed E-state index contributed by atoms with van der Waals surface area (Å²) in [5.41, 5.74) is 6.49. The largest absolute Gasteiger partial charge is 0.439 e. The van der Waals surface area contributed by atoms with Crippen LogP contribution in [0.25, 0.3) is 0 Å². The van der Waals surface area contributed by atoms with Gasteiger partial charge in [0.15, 0.2) is 0 Å². The Morgan fingerprint density at radius 3 is 2.78 bits per heavy atom. The Kier molecular flexibility index (Phi) is 6.05. The summed E-state index contributed by atoms with van der Waals surface area (Å²) in [5, 5.41) is 2.83. The second kappa shape index (κ2) is 8.24. The maximum Gasteiger partial charge on any atom is 0.220 e. The number of nitrogens with one attached hydrogen (secondary N) is 1. The first-order valence-corrected chi connectivity index (χ1v) is 7.43. The predicted molar refractivity (Wildman–Crippen MR) is 85.4 cm³/mol. The Bertz CT molecular complexity index is 645. The lowest BCUT2D eigenvalue weighted by Gasteiger charge is -2.09. The molecule has 3 N–H and O–H groups in total. The number of carbonyl (C=O) groups excluding carboxylic acids is 1. The monoisotopic (exact) mass is 317 g/mol. The zero-order chi connectivity index (χ0) is 16.7. The molecule has 23 heavy (non-hydrogen) atoms. The number of hydrogen-bond donors (Lipinski definition) is 2. The molecule has 0 saturated carbocycles. The minimum Gasteiger partial charge on any atom is -0.439 e. The molecule has 2 rings (SSSR count). The molecule has 1 unspecified atom stereocenters. The van der Waals surface area contributed by atoms with Crippen LogP contribution in [0, 0.1) is 5.82 Å². The number of aromatic nitrogens is 1. The Morgan fingerprint density at radius 2 is 2.09 bits per heavy atom. The third-order valence-electron chi connectivity index (χ3n) is 3.15. The lowest BCUT2D eigenvalue weighted by molar-refractivity contribution is -0.121. The van der Waals surface area contributed by atoms with E-state index in [9.17, 15) is 9.18 Å². The molecule has 6 heteroatoms. The van der Waals surface area contributed by atoms with E-state index >= 15 is 0 Å². The van der Waals surface area contributed by atoms with E-state index < -0.39 is 0 Å². The van der Waals surface area contributed by atoms with Crippen molar-refractivity contribution < 1.29 is 13.9 Å². The first-order chi connectivity index (χ1) is 11.0. The third-order valence-corrected chi connectivity index (χ3v) is 3.15. The van der Waals surface area contributed by atoms with Crippen LogP contribution < -0.4 is 15.8 Å². The number of nitrogens with two attached hydrogens (primary N) is 1. The van der Waals surface area contributed by atoms with Gasteiger partial charge in [0.05, 0.1) is 0 Å². The number of ether oxygens (including phenoxy) is 1. The number of halogens is 1. The highest BCUT2D eigenvalue weighted by molar-refractivity contribution is 5.75. The van der Waals surface area contributed by atoms with Crippen LogP contribution in [0.15, 0.2) is 42.6 Å². The highest BCUT2D eigenvalue weighted by atomic mass is 19.1. The number of rotatable bonds is 7. The number of benzene rings is 1. The molecule has 0 saturated heterocycles. The van der Waals surface area contributed by atoms with Gasteiger partial charge in [-0.25, -0.2) is 9.37 Å². The molecule has 0 aliphatic carbocycles. The van der Waals surface area contributed by atoms with Gasteiger partial charge in [-0.05, 0) is 49.2 Å². The maximum atomic E-state index is 12.9. The molecule has 122 valence electrons. The van der Waals surface area contributed by atoms with E-state index in [-0.39, 0.29) is 17.8 Å². The van der Waals surface area contributed by atoms with Crippen LogP contribution >= 0.6 is 0 Å². The molecular formula is C17H20FN3O2. The van der Waals surface area contributed by atoms with Crippen molar-refractivity contribution in [1.29, 1.82) is 0 Å². The molecule has 0 aliphatic rings. The molecule has 1 aromatic heterocycles. The van der Waals surface area contributed by atoms with Gasteiger partial charge >= 0.3 is 0 Å². The predicted octanol–water partition coefficient (Wildman–Crippen LogP) is 2.76. The van der Waals surface area contributed by atoms with Gasteiger partial charge in [0.2, 0.25) is 11.8 Å².